The molecule has 0 atom stereocenters. The van der Waals surface area contributed by atoms with Crippen LogP contribution in [0, 0.1) is 5.41 Å². The Morgan fingerprint density at radius 2 is 1.97 bits per heavy atom. The Hall–Kier alpha value is -4.44. The van der Waals surface area contributed by atoms with Crippen LogP contribution in [-0.2, 0) is 4.79 Å². The molecule has 0 fully saturated rings. The molecule has 2 aromatic carbocycles. The Balaban J connectivity index is 1.35. The molecule has 2 N–H and O–H groups in total. The van der Waals surface area contributed by atoms with Gasteiger partial charge in [0.1, 0.15) is 28.9 Å². The molecule has 2 aliphatic rings. The number of amides is 1. The van der Waals surface area contributed by atoms with Gasteiger partial charge >= 0.3 is 5.97 Å². The number of carboxylic acid groups (broad SMARTS) is 1. The van der Waals surface area contributed by atoms with Crippen LogP contribution in [0.4, 0.5) is 0 Å². The molecule has 168 valence electrons. The van der Waals surface area contributed by atoms with Gasteiger partial charge in [-0.25, -0.2) is 4.79 Å². The van der Waals surface area contributed by atoms with E-state index in [1.807, 2.05) is 30.3 Å². The number of carboxylic acids is 1. The van der Waals surface area contributed by atoms with E-state index in [9.17, 15) is 14.7 Å². The summed E-state index contributed by atoms with van der Waals surface area (Å²) in [5.41, 5.74) is 0.744. The van der Waals surface area contributed by atoms with Crippen LogP contribution >= 0.6 is 11.8 Å². The van der Waals surface area contributed by atoms with Gasteiger partial charge in [-0.05, 0) is 54.2 Å². The standard InChI is InChI=1S/C24H16N4O5S/c25-21-18(12-17-9-10-19(33-17)14-5-4-6-15(11-14)23(30)31)22(29)26-24-28(21)27-20(34-24)13-32-16-7-2-1-3-8-16/h1-12,25H,13H2,(H,30,31)/b18-12-,25-21?. The lowest BCUT2D eigenvalue weighted by Gasteiger charge is -2.19. The van der Waals surface area contributed by atoms with E-state index >= 15 is 0 Å². The Morgan fingerprint density at radius 1 is 1.15 bits per heavy atom. The van der Waals surface area contributed by atoms with Gasteiger partial charge in [0, 0.05) is 5.56 Å². The summed E-state index contributed by atoms with van der Waals surface area (Å²) in [6.45, 7) is 0.182. The zero-order valence-corrected chi connectivity index (χ0v) is 18.3. The maximum absolute atomic E-state index is 12.6. The van der Waals surface area contributed by atoms with E-state index in [-0.39, 0.29) is 23.6 Å². The molecule has 3 aromatic rings. The molecular formula is C24H16N4O5S. The minimum absolute atomic E-state index is 0.0264. The predicted molar refractivity (Wildman–Crippen MR) is 128 cm³/mol. The molecule has 2 aliphatic heterocycles. The summed E-state index contributed by atoms with van der Waals surface area (Å²) in [6.07, 6.45) is 1.42. The van der Waals surface area contributed by atoms with Crippen molar-refractivity contribution in [2.24, 2.45) is 10.1 Å². The number of para-hydroxylation sites is 1. The van der Waals surface area contributed by atoms with Gasteiger partial charge in [-0.2, -0.15) is 15.1 Å². The number of aliphatic imine (C=N–C) groups is 1. The minimum Gasteiger partial charge on any atom is -0.487 e. The van der Waals surface area contributed by atoms with Crippen molar-refractivity contribution in [2.45, 2.75) is 0 Å². The number of ether oxygens (including phenoxy) is 1. The lowest BCUT2D eigenvalue weighted by Crippen LogP contribution is -2.35. The molecule has 0 aliphatic carbocycles. The second kappa shape index (κ2) is 8.83. The normalized spacial score (nSPS) is 16.4. The molecule has 0 spiro atoms. The van der Waals surface area contributed by atoms with Crippen LogP contribution in [-0.4, -0.2) is 44.6 Å². The Bertz CT molecular complexity index is 1410. The van der Waals surface area contributed by atoms with Crippen LogP contribution in [0.2, 0.25) is 0 Å². The lowest BCUT2D eigenvalue weighted by atomic mass is 10.1. The molecule has 3 heterocycles. The third-order valence-electron chi connectivity index (χ3n) is 4.91. The number of amidine groups is 2. The third kappa shape index (κ3) is 4.26. The number of benzene rings is 2. The number of hydrogen-bond donors (Lipinski definition) is 2. The van der Waals surface area contributed by atoms with E-state index in [0.29, 0.717) is 33.0 Å². The van der Waals surface area contributed by atoms with Crippen molar-refractivity contribution in [3.8, 4) is 17.1 Å². The quantitative estimate of drug-likeness (QED) is 0.511. The maximum atomic E-state index is 12.6. The van der Waals surface area contributed by atoms with Gasteiger partial charge in [0.2, 0.25) is 5.17 Å². The maximum Gasteiger partial charge on any atom is 0.335 e. The highest BCUT2D eigenvalue weighted by atomic mass is 32.2. The monoisotopic (exact) mass is 472 g/mol. The first-order valence-electron chi connectivity index (χ1n) is 10.1. The fraction of sp³-hybridized carbons (Fsp3) is 0.0417. The van der Waals surface area contributed by atoms with E-state index < -0.39 is 11.9 Å². The number of hydrogen-bond acceptors (Lipinski definition) is 7. The number of rotatable bonds is 6. The summed E-state index contributed by atoms with van der Waals surface area (Å²) in [7, 11) is 0. The minimum atomic E-state index is -1.04. The number of furan rings is 1. The fourth-order valence-electron chi connectivity index (χ4n) is 3.29. The number of carbonyl (C=O) groups is 2. The first-order valence-corrected chi connectivity index (χ1v) is 10.9. The smallest absolute Gasteiger partial charge is 0.335 e. The van der Waals surface area contributed by atoms with Crippen LogP contribution in [0.15, 0.2) is 86.8 Å². The van der Waals surface area contributed by atoms with Gasteiger partial charge in [-0.3, -0.25) is 10.2 Å². The number of fused-ring (bicyclic) bond motifs is 1. The van der Waals surface area contributed by atoms with Crippen LogP contribution in [0.3, 0.4) is 0 Å². The summed E-state index contributed by atoms with van der Waals surface area (Å²) < 4.78 is 11.5. The summed E-state index contributed by atoms with van der Waals surface area (Å²) in [4.78, 5) is 27.9. The average molecular weight is 472 g/mol. The van der Waals surface area contributed by atoms with Crippen molar-refractivity contribution in [3.63, 3.8) is 0 Å². The van der Waals surface area contributed by atoms with E-state index in [2.05, 4.69) is 10.1 Å². The van der Waals surface area contributed by atoms with E-state index in [1.54, 1.807) is 24.3 Å². The molecule has 9 nitrogen and oxygen atoms in total. The summed E-state index contributed by atoms with van der Waals surface area (Å²) >= 11 is 1.18. The molecular weight excluding hydrogens is 456 g/mol. The molecule has 10 heteroatoms. The molecule has 0 saturated carbocycles. The van der Waals surface area contributed by atoms with Crippen molar-refractivity contribution in [1.82, 2.24) is 5.01 Å². The molecule has 0 bridgehead atoms. The molecule has 0 saturated heterocycles. The van der Waals surface area contributed by atoms with Crippen molar-refractivity contribution in [1.29, 1.82) is 5.41 Å². The van der Waals surface area contributed by atoms with Crippen molar-refractivity contribution in [3.05, 3.63) is 83.6 Å². The molecule has 0 unspecified atom stereocenters. The second-order valence-corrected chi connectivity index (χ2v) is 8.24. The number of nitrogens with one attached hydrogen (secondary N) is 1. The number of aromatic carboxylic acids is 1. The SMILES string of the molecule is N=C1/C(=C/c2ccc(-c3cccc(C(=O)O)c3)o2)C(=O)N=C2SC(COc3ccccc3)=NN12. The highest BCUT2D eigenvalue weighted by molar-refractivity contribution is 8.27. The van der Waals surface area contributed by atoms with E-state index in [1.165, 1.54) is 35.0 Å². The fourth-order valence-corrected chi connectivity index (χ4v) is 4.08. The van der Waals surface area contributed by atoms with Gasteiger partial charge in [0.15, 0.2) is 5.84 Å². The molecule has 5 rings (SSSR count). The van der Waals surface area contributed by atoms with Gasteiger partial charge in [-0.15, -0.1) is 0 Å². The summed E-state index contributed by atoms with van der Waals surface area (Å²) in [6, 6.07) is 18.9. The zero-order chi connectivity index (χ0) is 23.7. The number of hydrazone groups is 1. The van der Waals surface area contributed by atoms with Crippen molar-refractivity contribution >= 4 is 45.8 Å². The highest BCUT2D eigenvalue weighted by Gasteiger charge is 2.36. The van der Waals surface area contributed by atoms with Crippen LogP contribution in [0.5, 0.6) is 5.75 Å². The van der Waals surface area contributed by atoms with Crippen molar-refractivity contribution < 1.29 is 23.8 Å². The lowest BCUT2D eigenvalue weighted by molar-refractivity contribution is -0.114. The Labute approximate surface area is 197 Å². The Kier molecular flexibility index (Phi) is 5.56. The van der Waals surface area contributed by atoms with E-state index in [4.69, 9.17) is 14.6 Å². The van der Waals surface area contributed by atoms with Crippen LogP contribution in [0.1, 0.15) is 16.1 Å². The van der Waals surface area contributed by atoms with Crippen LogP contribution in [0.25, 0.3) is 17.4 Å². The molecule has 1 amide bonds. The van der Waals surface area contributed by atoms with E-state index in [0.717, 1.165) is 0 Å². The summed E-state index contributed by atoms with van der Waals surface area (Å²) in [5.74, 6) is -0.289. The summed E-state index contributed by atoms with van der Waals surface area (Å²) in [5, 5.41) is 24.2. The third-order valence-corrected chi connectivity index (χ3v) is 5.79. The topological polar surface area (TPSA) is 129 Å². The second-order valence-electron chi connectivity index (χ2n) is 7.20. The molecule has 34 heavy (non-hydrogen) atoms. The molecule has 1 aromatic heterocycles. The predicted octanol–water partition coefficient (Wildman–Crippen LogP) is 4.34. The zero-order valence-electron chi connectivity index (χ0n) is 17.5. The molecule has 0 radical (unpaired) electrons. The highest BCUT2D eigenvalue weighted by Crippen LogP contribution is 2.30. The van der Waals surface area contributed by atoms with Gasteiger partial charge < -0.3 is 14.3 Å². The first kappa shape index (κ1) is 21.4. The number of thioether (sulfide) groups is 1. The van der Waals surface area contributed by atoms with Crippen LogP contribution < -0.4 is 4.74 Å². The van der Waals surface area contributed by atoms with Gasteiger partial charge in [0.05, 0.1) is 11.1 Å². The van der Waals surface area contributed by atoms with Crippen molar-refractivity contribution in [2.75, 3.05) is 6.61 Å². The average Bonchev–Trinajstić information content (AvgIpc) is 3.48. The number of carbonyl (C=O) groups excluding carboxylic acids is 1. The van der Waals surface area contributed by atoms with Gasteiger partial charge in [-0.1, -0.05) is 30.3 Å². The first-order chi connectivity index (χ1) is 16.5. The largest absolute Gasteiger partial charge is 0.487 e. The number of nitrogens with zero attached hydrogens (tertiary/aromatic N) is 3. The Morgan fingerprint density at radius 3 is 2.76 bits per heavy atom. The van der Waals surface area contributed by atoms with Gasteiger partial charge in [0.25, 0.3) is 5.91 Å².